The van der Waals surface area contributed by atoms with Crippen molar-refractivity contribution in [3.8, 4) is 11.5 Å². The maximum absolute atomic E-state index is 9.12. The average Bonchev–Trinajstić information content (AvgIpc) is 2.40. The first-order valence-corrected chi connectivity index (χ1v) is 5.94. The lowest BCUT2D eigenvalue weighted by Crippen LogP contribution is -2.16. The summed E-state index contributed by atoms with van der Waals surface area (Å²) in [7, 11) is 1.62. The molecule has 1 aliphatic rings. The second-order valence-electron chi connectivity index (χ2n) is 4.16. The Bertz CT molecular complexity index is 398. The number of rotatable bonds is 4. The minimum absolute atomic E-state index is 0.0147. The second kappa shape index (κ2) is 5.73. The monoisotopic (exact) mass is 234 g/mol. The summed E-state index contributed by atoms with van der Waals surface area (Å²) in [6.07, 6.45) is 7.68. The molecule has 1 aromatic carbocycles. The van der Waals surface area contributed by atoms with E-state index in [2.05, 4.69) is 12.2 Å². The molecule has 3 heteroatoms. The Morgan fingerprint density at radius 2 is 2.24 bits per heavy atom. The summed E-state index contributed by atoms with van der Waals surface area (Å²) in [4.78, 5) is 0. The first kappa shape index (κ1) is 12.0. The van der Waals surface area contributed by atoms with E-state index in [0.29, 0.717) is 11.5 Å². The van der Waals surface area contributed by atoms with Gasteiger partial charge in [-0.1, -0.05) is 12.1 Å². The summed E-state index contributed by atoms with van der Waals surface area (Å²) in [5.41, 5.74) is 0.834. The number of hydrogen-bond acceptors (Lipinski definition) is 3. The standard InChI is InChI=1S/C14H18O3/c1-16-13-8-7-11(10-15)9-14(13)17-12-5-3-2-4-6-12/h3,5,7-9,12,15H,2,4,6,10H2,1H3. The van der Waals surface area contributed by atoms with Gasteiger partial charge in [-0.3, -0.25) is 0 Å². The van der Waals surface area contributed by atoms with Crippen LogP contribution in [0, 0.1) is 0 Å². The maximum atomic E-state index is 9.12. The number of hydrogen-bond donors (Lipinski definition) is 1. The van der Waals surface area contributed by atoms with Crippen LogP contribution in [0.15, 0.2) is 30.4 Å². The van der Waals surface area contributed by atoms with Gasteiger partial charge in [-0.05, 0) is 43.0 Å². The molecule has 1 aliphatic carbocycles. The molecule has 0 heterocycles. The fraction of sp³-hybridized carbons (Fsp3) is 0.429. The van der Waals surface area contributed by atoms with Gasteiger partial charge in [0, 0.05) is 0 Å². The molecule has 0 aromatic heterocycles. The van der Waals surface area contributed by atoms with Gasteiger partial charge in [0.2, 0.25) is 0 Å². The first-order valence-electron chi connectivity index (χ1n) is 5.94. The van der Waals surface area contributed by atoms with Crippen LogP contribution in [-0.2, 0) is 6.61 Å². The highest BCUT2D eigenvalue weighted by Crippen LogP contribution is 2.30. The zero-order valence-electron chi connectivity index (χ0n) is 10.1. The summed E-state index contributed by atoms with van der Waals surface area (Å²) in [6, 6.07) is 5.50. The van der Waals surface area contributed by atoms with E-state index in [-0.39, 0.29) is 12.7 Å². The minimum Gasteiger partial charge on any atom is -0.493 e. The van der Waals surface area contributed by atoms with Crippen molar-refractivity contribution in [3.63, 3.8) is 0 Å². The second-order valence-corrected chi connectivity index (χ2v) is 4.16. The predicted octanol–water partition coefficient (Wildman–Crippen LogP) is 2.68. The molecule has 1 aromatic rings. The number of ether oxygens (including phenoxy) is 2. The molecule has 17 heavy (non-hydrogen) atoms. The summed E-state index contributed by atoms with van der Waals surface area (Å²) in [5, 5.41) is 9.12. The Hall–Kier alpha value is -1.48. The van der Waals surface area contributed by atoms with Crippen LogP contribution in [0.1, 0.15) is 24.8 Å². The summed E-state index contributed by atoms with van der Waals surface area (Å²) in [5.74, 6) is 1.41. The highest BCUT2D eigenvalue weighted by molar-refractivity contribution is 5.43. The smallest absolute Gasteiger partial charge is 0.162 e. The summed E-state index contributed by atoms with van der Waals surface area (Å²) < 4.78 is 11.2. The number of aliphatic hydroxyl groups excluding tert-OH is 1. The van der Waals surface area contributed by atoms with Crippen LogP contribution in [-0.4, -0.2) is 18.3 Å². The van der Waals surface area contributed by atoms with Gasteiger partial charge in [0.1, 0.15) is 6.10 Å². The SMILES string of the molecule is COc1ccc(CO)cc1OC1C=CCCC1. The summed E-state index contributed by atoms with van der Waals surface area (Å²) in [6.45, 7) is 0.0147. The molecule has 0 aliphatic heterocycles. The van der Waals surface area contributed by atoms with E-state index < -0.39 is 0 Å². The molecular weight excluding hydrogens is 216 g/mol. The Morgan fingerprint density at radius 1 is 1.35 bits per heavy atom. The van der Waals surface area contributed by atoms with E-state index in [4.69, 9.17) is 14.6 Å². The van der Waals surface area contributed by atoms with Crippen molar-refractivity contribution < 1.29 is 14.6 Å². The van der Waals surface area contributed by atoms with Crippen molar-refractivity contribution in [1.29, 1.82) is 0 Å². The lowest BCUT2D eigenvalue weighted by molar-refractivity contribution is 0.218. The molecular formula is C14H18O3. The van der Waals surface area contributed by atoms with Gasteiger partial charge in [0.05, 0.1) is 13.7 Å². The molecule has 2 rings (SSSR count). The molecule has 0 radical (unpaired) electrons. The molecule has 1 N–H and O–H groups in total. The zero-order valence-corrected chi connectivity index (χ0v) is 10.1. The van der Waals surface area contributed by atoms with Gasteiger partial charge in [-0.2, -0.15) is 0 Å². The topological polar surface area (TPSA) is 38.7 Å². The number of allylic oxidation sites excluding steroid dienone is 1. The lowest BCUT2D eigenvalue weighted by Gasteiger charge is -2.20. The highest BCUT2D eigenvalue weighted by Gasteiger charge is 2.13. The molecule has 0 amide bonds. The van der Waals surface area contributed by atoms with Gasteiger partial charge >= 0.3 is 0 Å². The van der Waals surface area contributed by atoms with Crippen LogP contribution in [0.4, 0.5) is 0 Å². The Morgan fingerprint density at radius 3 is 2.88 bits per heavy atom. The van der Waals surface area contributed by atoms with Crippen molar-refractivity contribution in [1.82, 2.24) is 0 Å². The van der Waals surface area contributed by atoms with Crippen LogP contribution in [0.2, 0.25) is 0 Å². The number of aliphatic hydroxyl groups is 1. The molecule has 3 nitrogen and oxygen atoms in total. The van der Waals surface area contributed by atoms with E-state index in [0.717, 1.165) is 24.8 Å². The van der Waals surface area contributed by atoms with Gasteiger partial charge in [0.25, 0.3) is 0 Å². The van der Waals surface area contributed by atoms with Crippen LogP contribution in [0.25, 0.3) is 0 Å². The van der Waals surface area contributed by atoms with Gasteiger partial charge in [-0.15, -0.1) is 0 Å². The number of methoxy groups -OCH3 is 1. The van der Waals surface area contributed by atoms with Crippen LogP contribution in [0.5, 0.6) is 11.5 Å². The van der Waals surface area contributed by atoms with E-state index >= 15 is 0 Å². The molecule has 0 fully saturated rings. The van der Waals surface area contributed by atoms with Crippen molar-refractivity contribution in [2.45, 2.75) is 32.0 Å². The molecule has 0 bridgehead atoms. The quantitative estimate of drug-likeness (QED) is 0.814. The largest absolute Gasteiger partial charge is 0.493 e. The lowest BCUT2D eigenvalue weighted by atomic mass is 10.1. The first-order chi connectivity index (χ1) is 8.33. The van der Waals surface area contributed by atoms with Gasteiger partial charge < -0.3 is 14.6 Å². The molecule has 0 saturated heterocycles. The Kier molecular flexibility index (Phi) is 4.04. The Labute approximate surface area is 102 Å². The third kappa shape index (κ3) is 3.01. The van der Waals surface area contributed by atoms with E-state index in [9.17, 15) is 0 Å². The van der Waals surface area contributed by atoms with Crippen molar-refractivity contribution in [2.75, 3.05) is 7.11 Å². The normalized spacial score (nSPS) is 19.1. The van der Waals surface area contributed by atoms with Crippen molar-refractivity contribution in [2.24, 2.45) is 0 Å². The molecule has 1 atom stereocenters. The van der Waals surface area contributed by atoms with Crippen molar-refractivity contribution in [3.05, 3.63) is 35.9 Å². The average molecular weight is 234 g/mol. The highest BCUT2D eigenvalue weighted by atomic mass is 16.5. The zero-order chi connectivity index (χ0) is 12.1. The van der Waals surface area contributed by atoms with E-state index in [1.54, 1.807) is 7.11 Å². The predicted molar refractivity (Wildman–Crippen MR) is 66.3 cm³/mol. The molecule has 1 unspecified atom stereocenters. The van der Waals surface area contributed by atoms with E-state index in [1.165, 1.54) is 0 Å². The number of benzene rings is 1. The van der Waals surface area contributed by atoms with Crippen LogP contribution in [0.3, 0.4) is 0 Å². The molecule has 0 saturated carbocycles. The van der Waals surface area contributed by atoms with Gasteiger partial charge in [0.15, 0.2) is 11.5 Å². The van der Waals surface area contributed by atoms with E-state index in [1.807, 2.05) is 18.2 Å². The Balaban J connectivity index is 2.17. The maximum Gasteiger partial charge on any atom is 0.162 e. The third-order valence-electron chi connectivity index (χ3n) is 2.90. The van der Waals surface area contributed by atoms with Crippen LogP contribution < -0.4 is 9.47 Å². The molecule has 92 valence electrons. The fourth-order valence-electron chi connectivity index (χ4n) is 1.95. The third-order valence-corrected chi connectivity index (χ3v) is 2.90. The van der Waals surface area contributed by atoms with Crippen molar-refractivity contribution >= 4 is 0 Å². The minimum atomic E-state index is 0.0147. The van der Waals surface area contributed by atoms with Gasteiger partial charge in [-0.25, -0.2) is 0 Å². The fourth-order valence-corrected chi connectivity index (χ4v) is 1.95. The summed E-state index contributed by atoms with van der Waals surface area (Å²) >= 11 is 0. The van der Waals surface area contributed by atoms with Crippen LogP contribution >= 0.6 is 0 Å². The molecule has 0 spiro atoms.